The molecule has 17 heavy (non-hydrogen) atoms. The van der Waals surface area contributed by atoms with Crippen LogP contribution in [0.2, 0.25) is 0 Å². The Morgan fingerprint density at radius 2 is 2.00 bits per heavy atom. The molecule has 1 fully saturated rings. The molecule has 1 rings (SSSR count). The Hall–Kier alpha value is -0.0600. The number of carbonyl (C=O) groups excluding carboxylic acids is 1. The molecule has 0 aromatic carbocycles. The van der Waals surface area contributed by atoms with E-state index in [0.717, 1.165) is 0 Å². The summed E-state index contributed by atoms with van der Waals surface area (Å²) in [5.41, 5.74) is 0. The van der Waals surface area contributed by atoms with Crippen molar-refractivity contribution < 1.29 is 9.53 Å². The molecule has 6 heteroatoms. The minimum Gasteiger partial charge on any atom is -0.469 e. The molecule has 0 saturated heterocycles. The number of thiocarbonyl (C=S) groups is 1. The van der Waals surface area contributed by atoms with E-state index in [1.54, 1.807) is 0 Å². The molecule has 0 spiro atoms. The monoisotopic (exact) mass is 297 g/mol. The first-order chi connectivity index (χ1) is 7.72. The van der Waals surface area contributed by atoms with E-state index in [2.05, 4.69) is 0 Å². The third-order valence-corrected chi connectivity index (χ3v) is 4.99. The molecule has 3 atom stereocenters. The largest absolute Gasteiger partial charge is 0.469 e. The minimum atomic E-state index is -0.927. The first-order valence-electron chi connectivity index (χ1n) is 5.39. The average molecular weight is 298 g/mol. The zero-order valence-electron chi connectivity index (χ0n) is 10.4. The van der Waals surface area contributed by atoms with Gasteiger partial charge in [-0.05, 0) is 12.3 Å². The summed E-state index contributed by atoms with van der Waals surface area (Å²) in [6.07, 6.45) is 0.378. The van der Waals surface area contributed by atoms with Crippen LogP contribution >= 0.6 is 35.4 Å². The van der Waals surface area contributed by atoms with Crippen molar-refractivity contribution in [3.05, 3.63) is 0 Å². The second kappa shape index (κ2) is 5.29. The Morgan fingerprint density at radius 1 is 1.47 bits per heavy atom. The van der Waals surface area contributed by atoms with E-state index in [4.69, 9.17) is 40.2 Å². The van der Waals surface area contributed by atoms with Crippen LogP contribution in [0.4, 0.5) is 0 Å². The fraction of sp³-hybridized carbons (Fsp3) is 0.818. The number of hydrogen-bond acceptors (Lipinski definition) is 3. The summed E-state index contributed by atoms with van der Waals surface area (Å²) < 4.78 is 3.87. The number of esters is 1. The van der Waals surface area contributed by atoms with Crippen LogP contribution in [0.3, 0.4) is 0 Å². The predicted molar refractivity (Wildman–Crippen MR) is 73.5 cm³/mol. The number of rotatable bonds is 2. The normalized spacial score (nSPS) is 31.1. The van der Waals surface area contributed by atoms with Crippen LogP contribution in [-0.4, -0.2) is 41.4 Å². The van der Waals surface area contributed by atoms with Crippen molar-refractivity contribution >= 4 is 46.4 Å². The molecule has 0 heterocycles. The van der Waals surface area contributed by atoms with E-state index in [-0.39, 0.29) is 23.7 Å². The summed E-state index contributed by atoms with van der Waals surface area (Å²) in [4.78, 5) is 14.3. The van der Waals surface area contributed by atoms with Gasteiger partial charge in [0.2, 0.25) is 0 Å². The number of ether oxygens (including phenoxy) is 1. The summed E-state index contributed by atoms with van der Waals surface area (Å²) in [5, 5.41) is 0. The third kappa shape index (κ3) is 2.85. The predicted octanol–water partition coefficient (Wildman–Crippen LogP) is 2.49. The molecule has 0 aliphatic heterocycles. The maximum Gasteiger partial charge on any atom is 0.309 e. The van der Waals surface area contributed by atoms with Gasteiger partial charge in [0.15, 0.2) is 0 Å². The molecular formula is C11H17Cl2NO2S. The number of methoxy groups -OCH3 is 1. The molecule has 1 saturated carbocycles. The fourth-order valence-corrected chi connectivity index (χ4v) is 3.25. The van der Waals surface area contributed by atoms with E-state index in [1.165, 1.54) is 7.11 Å². The lowest BCUT2D eigenvalue weighted by Crippen LogP contribution is -2.37. The zero-order valence-corrected chi connectivity index (χ0v) is 12.7. The first-order valence-corrected chi connectivity index (χ1v) is 6.55. The molecule has 0 aromatic rings. The lowest BCUT2D eigenvalue weighted by molar-refractivity contribution is -0.146. The summed E-state index contributed by atoms with van der Waals surface area (Å²) >= 11 is 17.8. The van der Waals surface area contributed by atoms with Gasteiger partial charge in [0.1, 0.15) is 4.33 Å². The van der Waals surface area contributed by atoms with E-state index < -0.39 is 4.33 Å². The van der Waals surface area contributed by atoms with Crippen molar-refractivity contribution in [3.8, 4) is 0 Å². The smallest absolute Gasteiger partial charge is 0.309 e. The lowest BCUT2D eigenvalue weighted by Gasteiger charge is -2.28. The summed E-state index contributed by atoms with van der Waals surface area (Å²) in [6.45, 7) is 1.92. The first kappa shape index (κ1) is 15.0. The topological polar surface area (TPSA) is 29.5 Å². The van der Waals surface area contributed by atoms with Crippen molar-refractivity contribution in [2.24, 2.45) is 17.8 Å². The SMILES string of the molecule is COC(=O)[C@H]1CC(Cl)(Cl)[C@H](C)[C@H]1C(=S)N(C)C. The van der Waals surface area contributed by atoms with Crippen molar-refractivity contribution in [1.29, 1.82) is 0 Å². The molecule has 1 aliphatic carbocycles. The number of halogens is 2. The van der Waals surface area contributed by atoms with Gasteiger partial charge in [-0.1, -0.05) is 19.1 Å². The van der Waals surface area contributed by atoms with E-state index in [0.29, 0.717) is 11.4 Å². The second-order valence-corrected chi connectivity index (χ2v) is 6.60. The van der Waals surface area contributed by atoms with Crippen molar-refractivity contribution in [3.63, 3.8) is 0 Å². The number of hydrogen-bond donors (Lipinski definition) is 0. The van der Waals surface area contributed by atoms with Gasteiger partial charge >= 0.3 is 5.97 Å². The van der Waals surface area contributed by atoms with Gasteiger partial charge in [-0.3, -0.25) is 4.79 Å². The van der Waals surface area contributed by atoms with E-state index in [9.17, 15) is 4.79 Å². The maximum atomic E-state index is 11.8. The molecule has 98 valence electrons. The Kier molecular flexibility index (Phi) is 4.67. The highest BCUT2D eigenvalue weighted by molar-refractivity contribution is 7.80. The van der Waals surface area contributed by atoms with Gasteiger partial charge < -0.3 is 9.64 Å². The van der Waals surface area contributed by atoms with E-state index >= 15 is 0 Å². The number of alkyl halides is 2. The van der Waals surface area contributed by atoms with Gasteiger partial charge in [-0.15, -0.1) is 23.2 Å². The summed E-state index contributed by atoms with van der Waals surface area (Å²) in [7, 11) is 5.07. The van der Waals surface area contributed by atoms with Crippen molar-refractivity contribution in [2.45, 2.75) is 17.7 Å². The van der Waals surface area contributed by atoms with Crippen LogP contribution in [0.1, 0.15) is 13.3 Å². The van der Waals surface area contributed by atoms with Gasteiger partial charge in [-0.25, -0.2) is 0 Å². The highest BCUT2D eigenvalue weighted by Crippen LogP contribution is 2.51. The van der Waals surface area contributed by atoms with Gasteiger partial charge in [0.05, 0.1) is 18.0 Å². The molecule has 3 nitrogen and oxygen atoms in total. The lowest BCUT2D eigenvalue weighted by atomic mass is 9.90. The Bertz CT molecular complexity index is 333. The van der Waals surface area contributed by atoms with Gasteiger partial charge in [-0.2, -0.15) is 0 Å². The molecule has 0 aromatic heterocycles. The average Bonchev–Trinajstić information content (AvgIpc) is 2.48. The third-order valence-electron chi connectivity index (χ3n) is 3.36. The molecule has 1 aliphatic rings. The number of nitrogens with zero attached hydrogens (tertiary/aromatic N) is 1. The van der Waals surface area contributed by atoms with Crippen molar-refractivity contribution in [1.82, 2.24) is 4.90 Å². The standard InChI is InChI=1S/C11H17Cl2NO2S/c1-6-8(9(17)14(2)3)7(10(15)16-4)5-11(6,12)13/h6-8H,5H2,1-4H3/t6-,7+,8-/m1/s1. The van der Waals surface area contributed by atoms with Crippen LogP contribution in [0.25, 0.3) is 0 Å². The molecule has 0 radical (unpaired) electrons. The fourth-order valence-electron chi connectivity index (χ4n) is 2.28. The molecule has 0 amide bonds. The summed E-state index contributed by atoms with van der Waals surface area (Å²) in [5.74, 6) is -0.888. The van der Waals surface area contributed by atoms with Gasteiger partial charge in [0, 0.05) is 20.0 Å². The Morgan fingerprint density at radius 3 is 2.41 bits per heavy atom. The van der Waals surface area contributed by atoms with Crippen LogP contribution in [-0.2, 0) is 9.53 Å². The summed E-state index contributed by atoms with van der Waals surface area (Å²) in [6, 6.07) is 0. The van der Waals surface area contributed by atoms with Crippen LogP contribution in [0, 0.1) is 17.8 Å². The van der Waals surface area contributed by atoms with Crippen LogP contribution in [0.5, 0.6) is 0 Å². The van der Waals surface area contributed by atoms with Crippen molar-refractivity contribution in [2.75, 3.05) is 21.2 Å². The highest BCUT2D eigenvalue weighted by Gasteiger charge is 2.54. The molecule has 0 unspecified atom stereocenters. The van der Waals surface area contributed by atoms with E-state index in [1.807, 2.05) is 25.9 Å². The Labute approximate surface area is 117 Å². The maximum absolute atomic E-state index is 11.8. The molecule has 0 N–H and O–H groups in total. The van der Waals surface area contributed by atoms with Gasteiger partial charge in [0.25, 0.3) is 0 Å². The Balaban J connectivity index is 3.04. The molecular weight excluding hydrogens is 281 g/mol. The number of carbonyl (C=O) groups is 1. The minimum absolute atomic E-state index is 0.0789. The zero-order chi connectivity index (χ0) is 13.4. The van der Waals surface area contributed by atoms with Crippen LogP contribution < -0.4 is 0 Å². The van der Waals surface area contributed by atoms with Crippen LogP contribution in [0.15, 0.2) is 0 Å². The second-order valence-electron chi connectivity index (χ2n) is 4.64. The molecule has 0 bridgehead atoms. The highest BCUT2D eigenvalue weighted by atomic mass is 35.5. The quantitative estimate of drug-likeness (QED) is 0.445.